The molecular formula is C8H14N2O. The summed E-state index contributed by atoms with van der Waals surface area (Å²) in [4.78, 5) is 12.7. The standard InChI is InChI=1S/C8H14N2O/c1-5-6-10(4)8(11)7(2)9-3/h1,7,9H,6H2,2-4H3/t7-/m0/s1. The van der Waals surface area contributed by atoms with Crippen LogP contribution in [0.15, 0.2) is 0 Å². The Balaban J connectivity index is 3.93. The highest BCUT2D eigenvalue weighted by Gasteiger charge is 2.13. The van der Waals surface area contributed by atoms with Crippen molar-refractivity contribution in [2.45, 2.75) is 13.0 Å². The quantitative estimate of drug-likeness (QED) is 0.565. The summed E-state index contributed by atoms with van der Waals surface area (Å²) < 4.78 is 0. The fraction of sp³-hybridized carbons (Fsp3) is 0.625. The Morgan fingerprint density at radius 2 is 2.36 bits per heavy atom. The number of nitrogens with zero attached hydrogens (tertiary/aromatic N) is 1. The molecule has 0 fully saturated rings. The molecule has 0 saturated heterocycles. The van der Waals surface area contributed by atoms with Crippen LogP contribution >= 0.6 is 0 Å². The van der Waals surface area contributed by atoms with Gasteiger partial charge in [-0.1, -0.05) is 5.92 Å². The Kier molecular flexibility index (Phi) is 4.32. The first-order valence-corrected chi connectivity index (χ1v) is 3.49. The monoisotopic (exact) mass is 154 g/mol. The van der Waals surface area contributed by atoms with Crippen molar-refractivity contribution in [3.8, 4) is 12.3 Å². The SMILES string of the molecule is C#CCN(C)C(=O)[C@H](C)NC. The Morgan fingerprint density at radius 3 is 2.73 bits per heavy atom. The van der Waals surface area contributed by atoms with Gasteiger partial charge in [-0.3, -0.25) is 4.79 Å². The van der Waals surface area contributed by atoms with Gasteiger partial charge in [0.05, 0.1) is 12.6 Å². The minimum Gasteiger partial charge on any atom is -0.333 e. The van der Waals surface area contributed by atoms with Gasteiger partial charge in [-0.25, -0.2) is 0 Å². The zero-order valence-corrected chi connectivity index (χ0v) is 7.22. The first-order chi connectivity index (χ1) is 5.13. The zero-order valence-electron chi connectivity index (χ0n) is 7.22. The number of carbonyl (C=O) groups is 1. The van der Waals surface area contributed by atoms with Crippen LogP contribution in [0.5, 0.6) is 0 Å². The minimum absolute atomic E-state index is 0.0189. The summed E-state index contributed by atoms with van der Waals surface area (Å²) in [6.07, 6.45) is 5.04. The molecule has 0 bridgehead atoms. The number of nitrogens with one attached hydrogen (secondary N) is 1. The van der Waals surface area contributed by atoms with Crippen LogP contribution in [0.3, 0.4) is 0 Å². The number of carbonyl (C=O) groups excluding carboxylic acids is 1. The van der Waals surface area contributed by atoms with Crippen LogP contribution in [0, 0.1) is 12.3 Å². The van der Waals surface area contributed by atoms with Crippen molar-refractivity contribution in [2.24, 2.45) is 0 Å². The number of terminal acetylenes is 1. The molecule has 0 aliphatic rings. The van der Waals surface area contributed by atoms with Gasteiger partial charge in [0.25, 0.3) is 0 Å². The van der Waals surface area contributed by atoms with E-state index >= 15 is 0 Å². The number of rotatable bonds is 3. The van der Waals surface area contributed by atoms with E-state index in [0.717, 1.165) is 0 Å². The summed E-state index contributed by atoms with van der Waals surface area (Å²) >= 11 is 0. The lowest BCUT2D eigenvalue weighted by molar-refractivity contribution is -0.130. The maximum atomic E-state index is 11.2. The molecule has 0 aromatic carbocycles. The highest BCUT2D eigenvalue weighted by molar-refractivity contribution is 5.81. The van der Waals surface area contributed by atoms with E-state index < -0.39 is 0 Å². The first-order valence-electron chi connectivity index (χ1n) is 3.49. The molecule has 0 radical (unpaired) electrons. The molecule has 0 aromatic heterocycles. The van der Waals surface area contributed by atoms with Gasteiger partial charge in [0.15, 0.2) is 0 Å². The molecule has 3 heteroatoms. The van der Waals surface area contributed by atoms with Gasteiger partial charge >= 0.3 is 0 Å². The number of likely N-dealkylation sites (N-methyl/N-ethyl adjacent to an activating group) is 2. The van der Waals surface area contributed by atoms with Gasteiger partial charge in [0.1, 0.15) is 0 Å². The van der Waals surface area contributed by atoms with Crippen molar-refractivity contribution in [2.75, 3.05) is 20.6 Å². The largest absolute Gasteiger partial charge is 0.333 e. The van der Waals surface area contributed by atoms with Gasteiger partial charge in [-0.2, -0.15) is 0 Å². The molecule has 0 aliphatic heterocycles. The van der Waals surface area contributed by atoms with E-state index in [1.165, 1.54) is 4.90 Å². The Bertz CT molecular complexity index is 171. The second kappa shape index (κ2) is 4.75. The lowest BCUT2D eigenvalue weighted by Gasteiger charge is -2.18. The molecule has 0 spiro atoms. The second-order valence-electron chi connectivity index (χ2n) is 2.41. The molecule has 0 saturated carbocycles. The Morgan fingerprint density at radius 1 is 1.82 bits per heavy atom. The molecule has 3 nitrogen and oxygen atoms in total. The predicted octanol–water partition coefficient (Wildman–Crippen LogP) is -0.314. The van der Waals surface area contributed by atoms with Crippen LogP contribution in [0.2, 0.25) is 0 Å². The maximum Gasteiger partial charge on any atom is 0.239 e. The van der Waals surface area contributed by atoms with Crippen molar-refractivity contribution in [3.63, 3.8) is 0 Å². The van der Waals surface area contributed by atoms with Crippen LogP contribution in [-0.4, -0.2) is 37.5 Å². The van der Waals surface area contributed by atoms with Crippen LogP contribution < -0.4 is 5.32 Å². The van der Waals surface area contributed by atoms with Gasteiger partial charge in [0.2, 0.25) is 5.91 Å². The molecule has 1 amide bonds. The molecule has 11 heavy (non-hydrogen) atoms. The Hall–Kier alpha value is -1.01. The van der Waals surface area contributed by atoms with Gasteiger partial charge in [0, 0.05) is 7.05 Å². The average Bonchev–Trinajstić information content (AvgIpc) is 2.02. The molecule has 62 valence electrons. The molecule has 0 aliphatic carbocycles. The Labute approximate surface area is 67.8 Å². The fourth-order valence-corrected chi connectivity index (χ4v) is 0.669. The minimum atomic E-state index is -0.159. The van der Waals surface area contributed by atoms with Crippen molar-refractivity contribution >= 4 is 5.91 Å². The summed E-state index contributed by atoms with van der Waals surface area (Å²) in [5.41, 5.74) is 0. The van der Waals surface area contributed by atoms with E-state index in [4.69, 9.17) is 6.42 Å². The normalized spacial score (nSPS) is 11.8. The molecule has 0 aromatic rings. The van der Waals surface area contributed by atoms with E-state index in [2.05, 4.69) is 11.2 Å². The average molecular weight is 154 g/mol. The number of hydrogen-bond acceptors (Lipinski definition) is 2. The van der Waals surface area contributed by atoms with E-state index in [0.29, 0.717) is 6.54 Å². The van der Waals surface area contributed by atoms with Crippen molar-refractivity contribution in [1.29, 1.82) is 0 Å². The molecule has 1 N–H and O–H groups in total. The molecular weight excluding hydrogens is 140 g/mol. The predicted molar refractivity (Wildman–Crippen MR) is 45.0 cm³/mol. The third kappa shape index (κ3) is 3.06. The summed E-state index contributed by atoms with van der Waals surface area (Å²) in [5.74, 6) is 2.42. The van der Waals surface area contributed by atoms with Crippen LogP contribution in [-0.2, 0) is 4.79 Å². The fourth-order valence-electron chi connectivity index (χ4n) is 0.669. The van der Waals surface area contributed by atoms with E-state index in [9.17, 15) is 4.79 Å². The lowest BCUT2D eigenvalue weighted by Crippen LogP contribution is -2.41. The van der Waals surface area contributed by atoms with Crippen molar-refractivity contribution in [1.82, 2.24) is 10.2 Å². The third-order valence-electron chi connectivity index (χ3n) is 1.51. The summed E-state index contributed by atoms with van der Waals surface area (Å²) in [7, 11) is 3.43. The van der Waals surface area contributed by atoms with Gasteiger partial charge in [-0.05, 0) is 14.0 Å². The van der Waals surface area contributed by atoms with Crippen LogP contribution in [0.4, 0.5) is 0 Å². The number of hydrogen-bond donors (Lipinski definition) is 1. The maximum absolute atomic E-state index is 11.2. The topological polar surface area (TPSA) is 32.3 Å². The van der Waals surface area contributed by atoms with E-state index in [1.807, 2.05) is 0 Å². The van der Waals surface area contributed by atoms with Crippen molar-refractivity contribution in [3.05, 3.63) is 0 Å². The van der Waals surface area contributed by atoms with Gasteiger partial charge in [-0.15, -0.1) is 6.42 Å². The number of amides is 1. The smallest absolute Gasteiger partial charge is 0.239 e. The molecule has 0 heterocycles. The molecule has 0 unspecified atom stereocenters. The van der Waals surface area contributed by atoms with Gasteiger partial charge < -0.3 is 10.2 Å². The summed E-state index contributed by atoms with van der Waals surface area (Å²) in [5, 5.41) is 2.84. The lowest BCUT2D eigenvalue weighted by atomic mass is 10.3. The van der Waals surface area contributed by atoms with Crippen molar-refractivity contribution < 1.29 is 4.79 Å². The third-order valence-corrected chi connectivity index (χ3v) is 1.51. The molecule has 1 atom stereocenters. The zero-order chi connectivity index (χ0) is 8.85. The highest BCUT2D eigenvalue weighted by atomic mass is 16.2. The summed E-state index contributed by atoms with van der Waals surface area (Å²) in [6.45, 7) is 2.17. The molecule has 0 rings (SSSR count). The first kappa shape index (κ1) is 9.99. The van der Waals surface area contributed by atoms with Crippen LogP contribution in [0.25, 0.3) is 0 Å². The van der Waals surface area contributed by atoms with Crippen LogP contribution in [0.1, 0.15) is 6.92 Å². The van der Waals surface area contributed by atoms with E-state index in [1.54, 1.807) is 21.0 Å². The second-order valence-corrected chi connectivity index (χ2v) is 2.41. The summed E-state index contributed by atoms with van der Waals surface area (Å²) in [6, 6.07) is -0.159. The van der Waals surface area contributed by atoms with E-state index in [-0.39, 0.29) is 11.9 Å². The highest BCUT2D eigenvalue weighted by Crippen LogP contribution is 1.89.